The molecule has 0 aromatic carbocycles. The topological polar surface area (TPSA) is 18.5 Å². The summed E-state index contributed by atoms with van der Waals surface area (Å²) < 4.78 is 0. The van der Waals surface area contributed by atoms with Crippen LogP contribution in [0.2, 0.25) is 0 Å². The molecule has 1 saturated heterocycles. The zero-order valence-corrected chi connectivity index (χ0v) is 11.8. The van der Waals surface area contributed by atoms with E-state index in [0.717, 1.165) is 0 Å². The highest BCUT2D eigenvalue weighted by molar-refractivity contribution is 4.67. The Labute approximate surface area is 102 Å². The Kier molecular flexibility index (Phi) is 11.3. The zero-order valence-electron chi connectivity index (χ0n) is 11.8. The fourth-order valence-corrected chi connectivity index (χ4v) is 1.99. The molecule has 0 radical (unpaired) electrons. The van der Waals surface area contributed by atoms with Crippen LogP contribution in [-0.2, 0) is 0 Å². The van der Waals surface area contributed by atoms with E-state index in [1.807, 2.05) is 13.8 Å². The Morgan fingerprint density at radius 1 is 1.12 bits per heavy atom. The summed E-state index contributed by atoms with van der Waals surface area (Å²) in [5.41, 5.74) is 0. The first-order chi connectivity index (χ1) is 7.83. The number of rotatable bonds is 6. The number of nitrogens with zero attached hydrogens (tertiary/aromatic N) is 2. The third-order valence-electron chi connectivity index (χ3n) is 2.83. The molecule has 16 heavy (non-hydrogen) atoms. The molecule has 0 atom stereocenters. The molecule has 0 bridgehead atoms. The van der Waals surface area contributed by atoms with E-state index in [0.29, 0.717) is 0 Å². The maximum Gasteiger partial charge on any atom is 0.0107 e. The summed E-state index contributed by atoms with van der Waals surface area (Å²) in [5.74, 6) is 0. The zero-order chi connectivity index (χ0) is 12.2. The molecule has 3 heteroatoms. The van der Waals surface area contributed by atoms with Crippen LogP contribution in [0, 0.1) is 0 Å². The number of hydrogen-bond donors (Lipinski definition) is 1. The molecule has 1 aliphatic heterocycles. The van der Waals surface area contributed by atoms with E-state index in [2.05, 4.69) is 29.1 Å². The molecule has 1 aliphatic rings. The number of piperazine rings is 1. The van der Waals surface area contributed by atoms with Gasteiger partial charge in [-0.1, -0.05) is 20.8 Å². The lowest BCUT2D eigenvalue weighted by atomic mass is 10.3. The fraction of sp³-hybridized carbons (Fsp3) is 1.00. The largest absolute Gasteiger partial charge is 0.314 e. The highest BCUT2D eigenvalue weighted by Crippen LogP contribution is 1.96. The molecule has 1 N–H and O–H groups in total. The second kappa shape index (κ2) is 11.4. The van der Waals surface area contributed by atoms with Crippen molar-refractivity contribution in [2.75, 3.05) is 52.9 Å². The SMILES string of the molecule is CC.CCCN(C)CCCN1CCNCC1. The minimum absolute atomic E-state index is 1.17. The van der Waals surface area contributed by atoms with Gasteiger partial charge in [0.25, 0.3) is 0 Å². The van der Waals surface area contributed by atoms with Gasteiger partial charge in [0, 0.05) is 26.2 Å². The first kappa shape index (κ1) is 15.9. The average molecular weight is 229 g/mol. The molecule has 0 aromatic heterocycles. The van der Waals surface area contributed by atoms with Gasteiger partial charge < -0.3 is 15.1 Å². The van der Waals surface area contributed by atoms with Crippen molar-refractivity contribution in [3.8, 4) is 0 Å². The first-order valence-corrected chi connectivity index (χ1v) is 6.94. The summed E-state index contributed by atoms with van der Waals surface area (Å²) in [6, 6.07) is 0. The number of hydrogen-bond acceptors (Lipinski definition) is 3. The van der Waals surface area contributed by atoms with Crippen molar-refractivity contribution in [1.29, 1.82) is 0 Å². The van der Waals surface area contributed by atoms with E-state index in [1.165, 1.54) is 58.7 Å². The van der Waals surface area contributed by atoms with Crippen LogP contribution < -0.4 is 5.32 Å². The van der Waals surface area contributed by atoms with Crippen molar-refractivity contribution in [2.24, 2.45) is 0 Å². The van der Waals surface area contributed by atoms with E-state index < -0.39 is 0 Å². The summed E-state index contributed by atoms with van der Waals surface area (Å²) in [6.45, 7) is 14.8. The Bertz CT molecular complexity index is 133. The summed E-state index contributed by atoms with van der Waals surface area (Å²) >= 11 is 0. The quantitative estimate of drug-likeness (QED) is 0.747. The molecule has 0 unspecified atom stereocenters. The van der Waals surface area contributed by atoms with Crippen LogP contribution in [-0.4, -0.2) is 62.7 Å². The lowest BCUT2D eigenvalue weighted by Crippen LogP contribution is -2.44. The highest BCUT2D eigenvalue weighted by atomic mass is 15.2. The third kappa shape index (κ3) is 8.08. The van der Waals surface area contributed by atoms with Crippen LogP contribution in [0.3, 0.4) is 0 Å². The smallest absolute Gasteiger partial charge is 0.0107 e. The van der Waals surface area contributed by atoms with Crippen molar-refractivity contribution < 1.29 is 0 Å². The van der Waals surface area contributed by atoms with Gasteiger partial charge in [-0.2, -0.15) is 0 Å². The minimum Gasteiger partial charge on any atom is -0.314 e. The second-order valence-corrected chi connectivity index (χ2v) is 4.25. The molecule has 1 rings (SSSR count). The van der Waals surface area contributed by atoms with Crippen molar-refractivity contribution in [1.82, 2.24) is 15.1 Å². The van der Waals surface area contributed by atoms with Crippen molar-refractivity contribution >= 4 is 0 Å². The normalized spacial score (nSPS) is 17.1. The van der Waals surface area contributed by atoms with Crippen LogP contribution in [0.5, 0.6) is 0 Å². The molecular weight excluding hydrogens is 198 g/mol. The molecule has 98 valence electrons. The van der Waals surface area contributed by atoms with Gasteiger partial charge >= 0.3 is 0 Å². The van der Waals surface area contributed by atoms with Gasteiger partial charge in [-0.25, -0.2) is 0 Å². The molecular formula is C13H31N3. The molecule has 0 aromatic rings. The fourth-order valence-electron chi connectivity index (χ4n) is 1.99. The van der Waals surface area contributed by atoms with E-state index in [4.69, 9.17) is 0 Å². The van der Waals surface area contributed by atoms with Gasteiger partial charge in [0.2, 0.25) is 0 Å². The van der Waals surface area contributed by atoms with E-state index in [1.54, 1.807) is 0 Å². The summed E-state index contributed by atoms with van der Waals surface area (Å²) in [5, 5.41) is 3.38. The standard InChI is InChI=1S/C11H25N3.C2H6/c1-3-7-13(2)8-4-9-14-10-5-12-6-11-14;1-2/h12H,3-11H2,1-2H3;1-2H3. The van der Waals surface area contributed by atoms with Gasteiger partial charge in [-0.05, 0) is 39.5 Å². The summed E-state index contributed by atoms with van der Waals surface area (Å²) in [6.07, 6.45) is 2.58. The first-order valence-electron chi connectivity index (χ1n) is 6.94. The van der Waals surface area contributed by atoms with E-state index >= 15 is 0 Å². The van der Waals surface area contributed by atoms with Gasteiger partial charge in [0.1, 0.15) is 0 Å². The van der Waals surface area contributed by atoms with Crippen molar-refractivity contribution in [3.05, 3.63) is 0 Å². The van der Waals surface area contributed by atoms with Gasteiger partial charge in [-0.3, -0.25) is 0 Å². The van der Waals surface area contributed by atoms with Crippen LogP contribution in [0.15, 0.2) is 0 Å². The molecule has 0 saturated carbocycles. The van der Waals surface area contributed by atoms with Gasteiger partial charge in [0.05, 0.1) is 0 Å². The van der Waals surface area contributed by atoms with Gasteiger partial charge in [0.15, 0.2) is 0 Å². The lowest BCUT2D eigenvalue weighted by Gasteiger charge is -2.27. The predicted octanol–water partition coefficient (Wildman–Crippen LogP) is 1.65. The Hall–Kier alpha value is -0.120. The minimum atomic E-state index is 1.17. The molecule has 1 heterocycles. The monoisotopic (exact) mass is 229 g/mol. The molecule has 0 aliphatic carbocycles. The van der Waals surface area contributed by atoms with Crippen LogP contribution in [0.1, 0.15) is 33.6 Å². The Morgan fingerprint density at radius 3 is 2.31 bits per heavy atom. The van der Waals surface area contributed by atoms with Crippen LogP contribution >= 0.6 is 0 Å². The number of nitrogens with one attached hydrogen (secondary N) is 1. The highest BCUT2D eigenvalue weighted by Gasteiger charge is 2.08. The average Bonchev–Trinajstić information content (AvgIpc) is 2.33. The second-order valence-electron chi connectivity index (χ2n) is 4.25. The molecule has 0 spiro atoms. The van der Waals surface area contributed by atoms with Gasteiger partial charge in [-0.15, -0.1) is 0 Å². The van der Waals surface area contributed by atoms with E-state index in [9.17, 15) is 0 Å². The Balaban J connectivity index is 0.00000106. The molecule has 1 fully saturated rings. The predicted molar refractivity (Wildman–Crippen MR) is 73.1 cm³/mol. The van der Waals surface area contributed by atoms with Crippen molar-refractivity contribution in [2.45, 2.75) is 33.6 Å². The summed E-state index contributed by atoms with van der Waals surface area (Å²) in [7, 11) is 2.22. The maximum absolute atomic E-state index is 3.38. The third-order valence-corrected chi connectivity index (χ3v) is 2.83. The summed E-state index contributed by atoms with van der Waals surface area (Å²) in [4.78, 5) is 5.00. The maximum atomic E-state index is 3.38. The molecule has 3 nitrogen and oxygen atoms in total. The lowest BCUT2D eigenvalue weighted by molar-refractivity contribution is 0.222. The van der Waals surface area contributed by atoms with Crippen LogP contribution in [0.25, 0.3) is 0 Å². The van der Waals surface area contributed by atoms with Crippen LogP contribution in [0.4, 0.5) is 0 Å². The van der Waals surface area contributed by atoms with Crippen molar-refractivity contribution in [3.63, 3.8) is 0 Å². The molecule has 0 amide bonds. The Morgan fingerprint density at radius 2 is 1.75 bits per heavy atom. The van der Waals surface area contributed by atoms with E-state index in [-0.39, 0.29) is 0 Å².